The molecule has 1 aliphatic carbocycles. The normalized spacial score (nSPS) is 27.3. The van der Waals surface area contributed by atoms with Crippen LogP contribution in [0.25, 0.3) is 16.0 Å². The second-order valence-corrected chi connectivity index (χ2v) is 8.45. The molecule has 2 amide bonds. The van der Waals surface area contributed by atoms with Crippen LogP contribution in [-0.4, -0.2) is 55.8 Å². The fourth-order valence-electron chi connectivity index (χ4n) is 4.76. The van der Waals surface area contributed by atoms with Crippen LogP contribution in [0.1, 0.15) is 5.69 Å². The number of benzene rings is 1. The lowest BCUT2D eigenvalue weighted by molar-refractivity contribution is -0.132. The van der Waals surface area contributed by atoms with Gasteiger partial charge in [0, 0.05) is 17.3 Å². The van der Waals surface area contributed by atoms with Crippen LogP contribution in [0.3, 0.4) is 0 Å². The highest BCUT2D eigenvalue weighted by atomic mass is 19.3. The third kappa shape index (κ3) is 3.54. The van der Waals surface area contributed by atoms with Gasteiger partial charge in [0.25, 0.3) is 11.4 Å². The summed E-state index contributed by atoms with van der Waals surface area (Å²) < 4.78 is 50.0. The molecule has 11 heteroatoms. The quantitative estimate of drug-likeness (QED) is 0.654. The van der Waals surface area contributed by atoms with Gasteiger partial charge in [0.1, 0.15) is 17.6 Å². The summed E-state index contributed by atoms with van der Waals surface area (Å²) in [5.74, 6) is -1.75. The lowest BCUT2D eigenvalue weighted by Gasteiger charge is -2.15. The van der Waals surface area contributed by atoms with Crippen molar-refractivity contribution in [3.8, 4) is 11.1 Å². The average molecular weight is 472 g/mol. The van der Waals surface area contributed by atoms with Gasteiger partial charge in [-0.05, 0) is 24.3 Å². The molecule has 8 nitrogen and oxygen atoms in total. The molecule has 2 aromatic rings. The van der Waals surface area contributed by atoms with Crippen LogP contribution in [-0.2, 0) is 19.8 Å². The maximum Gasteiger partial charge on any atom is 0.414 e. The van der Waals surface area contributed by atoms with E-state index in [1.165, 1.54) is 29.3 Å². The standard InChI is InChI=1S/C23H19F3N4O4/c1-27-23(16-10-33-11-17(16)23)19-5-2-12(7-28-19)15-4-3-13(6-18(15)24)30-9-14(34-22(30)32)8-29-21(31)20(25)26/h2-7,14,16-17,20H,8-11H2,(H,29,31)/t14-,16-,17+,23?/m0/s1. The van der Waals surface area contributed by atoms with Crippen molar-refractivity contribution in [1.82, 2.24) is 10.3 Å². The molecule has 1 aromatic carbocycles. The summed E-state index contributed by atoms with van der Waals surface area (Å²) in [6.45, 7) is 8.42. The Morgan fingerprint density at radius 3 is 2.68 bits per heavy atom. The van der Waals surface area contributed by atoms with Crippen molar-refractivity contribution < 1.29 is 32.2 Å². The van der Waals surface area contributed by atoms with E-state index in [0.29, 0.717) is 24.5 Å². The number of anilines is 1. The number of pyridine rings is 1. The Morgan fingerprint density at radius 1 is 1.29 bits per heavy atom. The third-order valence-electron chi connectivity index (χ3n) is 6.61. The SMILES string of the molecule is [C-]#[N+]C1(c2ccc(-c3ccc(N4C[C@H](CNC(=O)C(F)F)OC4=O)cc3F)cn2)[C@@H]2COC[C@@H]21. The Morgan fingerprint density at radius 2 is 2.06 bits per heavy atom. The molecule has 1 unspecified atom stereocenters. The predicted octanol–water partition coefficient (Wildman–Crippen LogP) is 2.98. The summed E-state index contributed by atoms with van der Waals surface area (Å²) >= 11 is 0. The number of hydrogen-bond donors (Lipinski definition) is 1. The summed E-state index contributed by atoms with van der Waals surface area (Å²) in [5.41, 5.74) is 1.03. The van der Waals surface area contributed by atoms with E-state index in [0.717, 1.165) is 0 Å². The summed E-state index contributed by atoms with van der Waals surface area (Å²) in [7, 11) is 0. The maximum absolute atomic E-state index is 14.9. The number of carbonyl (C=O) groups is 2. The fraction of sp³-hybridized carbons (Fsp3) is 0.391. The van der Waals surface area contributed by atoms with Crippen molar-refractivity contribution in [2.75, 3.05) is 31.2 Å². The van der Waals surface area contributed by atoms with E-state index in [-0.39, 0.29) is 36.2 Å². The molecule has 0 radical (unpaired) electrons. The first kappa shape index (κ1) is 22.2. The molecule has 3 heterocycles. The number of amides is 2. The van der Waals surface area contributed by atoms with Crippen molar-refractivity contribution in [3.63, 3.8) is 0 Å². The number of hydrogen-bond acceptors (Lipinski definition) is 5. The van der Waals surface area contributed by atoms with Gasteiger partial charge in [-0.3, -0.25) is 14.7 Å². The highest BCUT2D eigenvalue weighted by Gasteiger charge is 2.77. The Kier molecular flexibility index (Phi) is 5.40. The Hall–Kier alpha value is -3.65. The second kappa shape index (κ2) is 8.29. The monoisotopic (exact) mass is 472 g/mol. The van der Waals surface area contributed by atoms with Crippen LogP contribution in [0.4, 0.5) is 23.7 Å². The molecule has 0 bridgehead atoms. The van der Waals surface area contributed by atoms with Gasteiger partial charge < -0.3 is 19.6 Å². The summed E-state index contributed by atoms with van der Waals surface area (Å²) in [6.07, 6.45) is -3.24. The summed E-state index contributed by atoms with van der Waals surface area (Å²) in [6, 6.07) is 7.68. The van der Waals surface area contributed by atoms with E-state index >= 15 is 0 Å². The molecule has 2 aliphatic heterocycles. The highest BCUT2D eigenvalue weighted by molar-refractivity contribution is 5.90. The van der Waals surface area contributed by atoms with Crippen molar-refractivity contribution in [2.45, 2.75) is 18.1 Å². The van der Waals surface area contributed by atoms with Gasteiger partial charge in [-0.2, -0.15) is 8.78 Å². The zero-order chi connectivity index (χ0) is 24.0. The molecule has 5 rings (SSSR count). The molecule has 1 aromatic heterocycles. The van der Waals surface area contributed by atoms with Crippen LogP contribution < -0.4 is 10.2 Å². The Bertz CT molecular complexity index is 1170. The van der Waals surface area contributed by atoms with Gasteiger partial charge >= 0.3 is 12.5 Å². The zero-order valence-electron chi connectivity index (χ0n) is 17.7. The van der Waals surface area contributed by atoms with Gasteiger partial charge in [0.2, 0.25) is 0 Å². The molecule has 4 atom stereocenters. The number of halogens is 3. The summed E-state index contributed by atoms with van der Waals surface area (Å²) in [5, 5.41) is 2.00. The van der Waals surface area contributed by atoms with Crippen molar-refractivity contribution in [2.24, 2.45) is 11.8 Å². The maximum atomic E-state index is 14.9. The van der Waals surface area contributed by atoms with Gasteiger partial charge in [-0.15, -0.1) is 0 Å². The molecule has 0 spiro atoms. The molecular weight excluding hydrogens is 453 g/mol. The first-order valence-corrected chi connectivity index (χ1v) is 10.6. The van der Waals surface area contributed by atoms with Gasteiger partial charge in [-0.1, -0.05) is 6.07 Å². The largest absolute Gasteiger partial charge is 0.442 e. The van der Waals surface area contributed by atoms with E-state index in [1.54, 1.807) is 12.1 Å². The molecule has 3 aliphatic rings. The Balaban J connectivity index is 1.28. The third-order valence-corrected chi connectivity index (χ3v) is 6.61. The van der Waals surface area contributed by atoms with Crippen LogP contribution in [0, 0.1) is 24.2 Å². The molecular formula is C23H19F3N4O4. The summed E-state index contributed by atoms with van der Waals surface area (Å²) in [4.78, 5) is 32.6. The minimum Gasteiger partial charge on any atom is -0.442 e. The number of cyclic esters (lactones) is 1. The molecule has 1 N–H and O–H groups in total. The number of rotatable bonds is 6. The molecule has 176 valence electrons. The van der Waals surface area contributed by atoms with E-state index in [9.17, 15) is 22.8 Å². The van der Waals surface area contributed by atoms with E-state index in [4.69, 9.17) is 16.0 Å². The van der Waals surface area contributed by atoms with Crippen LogP contribution in [0.2, 0.25) is 0 Å². The molecule has 3 fully saturated rings. The predicted molar refractivity (Wildman–Crippen MR) is 112 cm³/mol. The number of carbonyl (C=O) groups excluding carboxylic acids is 2. The van der Waals surface area contributed by atoms with Crippen LogP contribution in [0.15, 0.2) is 36.5 Å². The van der Waals surface area contributed by atoms with E-state index in [1.807, 2.05) is 5.32 Å². The lowest BCUT2D eigenvalue weighted by atomic mass is 10.0. The zero-order valence-corrected chi connectivity index (χ0v) is 17.7. The number of nitrogens with one attached hydrogen (secondary N) is 1. The van der Waals surface area contributed by atoms with E-state index in [2.05, 4.69) is 9.83 Å². The van der Waals surface area contributed by atoms with Crippen molar-refractivity contribution in [1.29, 1.82) is 0 Å². The van der Waals surface area contributed by atoms with Gasteiger partial charge in [0.05, 0.1) is 43.8 Å². The fourth-order valence-corrected chi connectivity index (χ4v) is 4.76. The van der Waals surface area contributed by atoms with Gasteiger partial charge in [0.15, 0.2) is 0 Å². The second-order valence-electron chi connectivity index (χ2n) is 8.45. The van der Waals surface area contributed by atoms with Crippen LogP contribution >= 0.6 is 0 Å². The van der Waals surface area contributed by atoms with Crippen LogP contribution in [0.5, 0.6) is 0 Å². The number of ether oxygens (including phenoxy) is 2. The first-order chi connectivity index (χ1) is 16.3. The molecule has 2 saturated heterocycles. The average Bonchev–Trinajstić information content (AvgIpc) is 3.12. The smallest absolute Gasteiger partial charge is 0.414 e. The lowest BCUT2D eigenvalue weighted by Crippen LogP contribution is -2.37. The number of aromatic nitrogens is 1. The number of nitrogens with zero attached hydrogens (tertiary/aromatic N) is 3. The van der Waals surface area contributed by atoms with Crippen molar-refractivity contribution >= 4 is 17.7 Å². The topological polar surface area (TPSA) is 85.1 Å². The number of fused-ring (bicyclic) bond motifs is 1. The number of alkyl halides is 2. The highest BCUT2D eigenvalue weighted by Crippen LogP contribution is 2.63. The minimum absolute atomic E-state index is 0.0256. The molecule has 1 saturated carbocycles. The van der Waals surface area contributed by atoms with Crippen molar-refractivity contribution in [3.05, 3.63) is 59.5 Å². The first-order valence-electron chi connectivity index (χ1n) is 10.6. The Labute approximate surface area is 192 Å². The van der Waals surface area contributed by atoms with Gasteiger partial charge in [-0.25, -0.2) is 15.8 Å². The van der Waals surface area contributed by atoms with E-state index < -0.39 is 35.9 Å². The molecule has 34 heavy (non-hydrogen) atoms. The minimum atomic E-state index is -3.16.